The van der Waals surface area contributed by atoms with Crippen LogP contribution in [-0.2, 0) is 6.54 Å². The van der Waals surface area contributed by atoms with Crippen LogP contribution in [0.25, 0.3) is 21.9 Å². The molecule has 1 fully saturated rings. The van der Waals surface area contributed by atoms with E-state index in [9.17, 15) is 4.79 Å². The topological polar surface area (TPSA) is 91.7 Å². The number of anilines is 1. The summed E-state index contributed by atoms with van der Waals surface area (Å²) in [6.45, 7) is 5.16. The van der Waals surface area contributed by atoms with Gasteiger partial charge in [-0.2, -0.15) is 5.10 Å². The Balaban J connectivity index is 1.35. The van der Waals surface area contributed by atoms with Crippen LogP contribution in [0.4, 0.5) is 5.82 Å². The number of nitrogens with zero attached hydrogens (tertiary/aromatic N) is 5. The van der Waals surface area contributed by atoms with Gasteiger partial charge in [-0.05, 0) is 24.7 Å². The average Bonchev–Trinajstić information content (AvgIpc) is 3.53. The largest absolute Gasteiger partial charge is 0.360 e. The molecule has 3 aromatic heterocycles. The molecule has 31 heavy (non-hydrogen) atoms. The summed E-state index contributed by atoms with van der Waals surface area (Å²) in [5.41, 5.74) is 2.44. The highest BCUT2D eigenvalue weighted by atomic mass is 32.2. The molecule has 160 valence electrons. The van der Waals surface area contributed by atoms with Crippen LogP contribution < -0.4 is 10.2 Å². The maximum atomic E-state index is 12.7. The Morgan fingerprint density at radius 3 is 2.87 bits per heavy atom. The average molecular weight is 436 g/mol. The minimum Gasteiger partial charge on any atom is -0.360 e. The Hall–Kier alpha value is -3.07. The van der Waals surface area contributed by atoms with E-state index in [2.05, 4.69) is 27.2 Å². The predicted molar refractivity (Wildman–Crippen MR) is 124 cm³/mol. The van der Waals surface area contributed by atoms with Crippen LogP contribution >= 0.6 is 11.8 Å². The van der Waals surface area contributed by atoms with Crippen LogP contribution in [0, 0.1) is 0 Å². The van der Waals surface area contributed by atoms with Crippen molar-refractivity contribution >= 4 is 45.4 Å². The van der Waals surface area contributed by atoms with Gasteiger partial charge in [-0.1, -0.05) is 36.9 Å². The fourth-order valence-corrected chi connectivity index (χ4v) is 4.64. The summed E-state index contributed by atoms with van der Waals surface area (Å²) < 4.78 is 1.87. The van der Waals surface area contributed by atoms with Gasteiger partial charge in [0.15, 0.2) is 10.8 Å². The van der Waals surface area contributed by atoms with Crippen molar-refractivity contribution in [3.05, 3.63) is 42.2 Å². The lowest BCUT2D eigenvalue weighted by molar-refractivity contribution is 0.0953. The molecule has 0 aliphatic carbocycles. The van der Waals surface area contributed by atoms with E-state index >= 15 is 0 Å². The van der Waals surface area contributed by atoms with Crippen molar-refractivity contribution < 1.29 is 4.79 Å². The first-order chi connectivity index (χ1) is 15.2. The monoisotopic (exact) mass is 435 g/mol. The molecule has 0 radical (unpaired) electrons. The zero-order chi connectivity index (χ0) is 21.2. The summed E-state index contributed by atoms with van der Waals surface area (Å²) in [7, 11) is 0. The molecule has 2 N–H and O–H groups in total. The zero-order valence-electron chi connectivity index (χ0n) is 17.5. The van der Waals surface area contributed by atoms with Crippen molar-refractivity contribution in [2.24, 2.45) is 0 Å². The van der Waals surface area contributed by atoms with Gasteiger partial charge in [0.05, 0.1) is 23.7 Å². The number of thioether (sulfide) groups is 1. The van der Waals surface area contributed by atoms with Gasteiger partial charge in [-0.15, -0.1) is 0 Å². The van der Waals surface area contributed by atoms with E-state index in [4.69, 9.17) is 9.97 Å². The molecule has 1 amide bonds. The molecule has 0 unspecified atom stereocenters. The van der Waals surface area contributed by atoms with E-state index < -0.39 is 0 Å². The number of fused-ring (bicyclic) bond motifs is 2. The molecule has 9 heteroatoms. The van der Waals surface area contributed by atoms with E-state index in [1.165, 1.54) is 12.8 Å². The van der Waals surface area contributed by atoms with Gasteiger partial charge in [0.2, 0.25) is 0 Å². The Morgan fingerprint density at radius 2 is 2.03 bits per heavy atom. The highest BCUT2D eigenvalue weighted by Crippen LogP contribution is 2.29. The minimum absolute atomic E-state index is 0.0940. The van der Waals surface area contributed by atoms with Crippen molar-refractivity contribution in [3.8, 4) is 0 Å². The first-order valence-electron chi connectivity index (χ1n) is 10.7. The first kappa shape index (κ1) is 19.9. The molecule has 5 rings (SSSR count). The second kappa shape index (κ2) is 8.58. The third-order valence-corrected chi connectivity index (χ3v) is 6.31. The summed E-state index contributed by atoms with van der Waals surface area (Å²) in [6, 6.07) is 7.80. The van der Waals surface area contributed by atoms with E-state index in [0.29, 0.717) is 18.7 Å². The van der Waals surface area contributed by atoms with Crippen molar-refractivity contribution in [1.82, 2.24) is 30.0 Å². The van der Waals surface area contributed by atoms with Gasteiger partial charge >= 0.3 is 0 Å². The second-order valence-corrected chi connectivity index (χ2v) is 8.80. The lowest BCUT2D eigenvalue weighted by atomic mass is 10.1. The van der Waals surface area contributed by atoms with Crippen molar-refractivity contribution in [2.45, 2.75) is 31.5 Å². The number of rotatable bonds is 7. The van der Waals surface area contributed by atoms with E-state index in [-0.39, 0.29) is 5.91 Å². The maximum Gasteiger partial charge on any atom is 0.253 e. The maximum absolute atomic E-state index is 12.7. The number of para-hydroxylation sites is 1. The molecular weight excluding hydrogens is 410 g/mol. The molecule has 0 spiro atoms. The van der Waals surface area contributed by atoms with Crippen LogP contribution in [0.1, 0.15) is 30.1 Å². The predicted octanol–water partition coefficient (Wildman–Crippen LogP) is 3.45. The van der Waals surface area contributed by atoms with Gasteiger partial charge < -0.3 is 15.2 Å². The molecule has 0 saturated carbocycles. The van der Waals surface area contributed by atoms with Crippen LogP contribution in [0.5, 0.6) is 0 Å². The smallest absolute Gasteiger partial charge is 0.253 e. The summed E-state index contributed by atoms with van der Waals surface area (Å²) >= 11 is 1.64. The number of amides is 1. The molecule has 1 aliphatic rings. The Bertz CT molecular complexity index is 1230. The van der Waals surface area contributed by atoms with E-state index in [1.807, 2.05) is 35.1 Å². The number of carbonyl (C=O) groups is 1. The zero-order valence-corrected chi connectivity index (χ0v) is 18.3. The molecule has 1 saturated heterocycles. The molecule has 8 nitrogen and oxygen atoms in total. The van der Waals surface area contributed by atoms with E-state index in [0.717, 1.165) is 51.8 Å². The van der Waals surface area contributed by atoms with Gasteiger partial charge in [0, 0.05) is 36.7 Å². The third kappa shape index (κ3) is 3.85. The van der Waals surface area contributed by atoms with Crippen LogP contribution in [-0.4, -0.2) is 56.0 Å². The molecular formula is C22H25N7OS. The molecule has 0 bridgehead atoms. The molecule has 0 atom stereocenters. The number of hydrogen-bond acceptors (Lipinski definition) is 6. The molecule has 4 aromatic rings. The number of aromatic amines is 1. The number of aromatic nitrogens is 5. The van der Waals surface area contributed by atoms with Crippen LogP contribution in [0.3, 0.4) is 0 Å². The Morgan fingerprint density at radius 1 is 1.19 bits per heavy atom. The highest BCUT2D eigenvalue weighted by molar-refractivity contribution is 7.99. The van der Waals surface area contributed by atoms with Crippen LogP contribution in [0.15, 0.2) is 41.8 Å². The number of H-pyrrole nitrogens is 1. The summed E-state index contributed by atoms with van der Waals surface area (Å²) in [6.07, 6.45) is 5.99. The van der Waals surface area contributed by atoms with Crippen molar-refractivity contribution in [1.29, 1.82) is 0 Å². The van der Waals surface area contributed by atoms with E-state index in [1.54, 1.807) is 18.0 Å². The number of benzene rings is 1. The number of carbonyl (C=O) groups excluding carboxylic acids is 1. The summed E-state index contributed by atoms with van der Waals surface area (Å²) in [5, 5.41) is 10.3. The van der Waals surface area contributed by atoms with Gasteiger partial charge in [-0.3, -0.25) is 4.79 Å². The van der Waals surface area contributed by atoms with Crippen molar-refractivity contribution in [3.63, 3.8) is 0 Å². The van der Waals surface area contributed by atoms with Gasteiger partial charge in [-0.25, -0.2) is 14.6 Å². The SMILES string of the molecule is CCSc1nc(N2CCCC2)c2cnn(CCNC(=O)c3c[nH]c4ccccc34)c2n1. The van der Waals surface area contributed by atoms with Gasteiger partial charge in [0.1, 0.15) is 5.82 Å². The minimum atomic E-state index is -0.0940. The third-order valence-electron chi connectivity index (χ3n) is 5.58. The normalized spacial score (nSPS) is 14.0. The lowest BCUT2D eigenvalue weighted by Crippen LogP contribution is -2.27. The Labute approximate surface area is 184 Å². The first-order valence-corrected chi connectivity index (χ1v) is 11.7. The van der Waals surface area contributed by atoms with Gasteiger partial charge in [0.25, 0.3) is 5.91 Å². The Kier molecular flexibility index (Phi) is 5.50. The fraction of sp³-hybridized carbons (Fsp3) is 0.364. The fourth-order valence-electron chi connectivity index (χ4n) is 4.08. The molecule has 1 aromatic carbocycles. The number of hydrogen-bond donors (Lipinski definition) is 2. The van der Waals surface area contributed by atoms with Crippen molar-refractivity contribution in [2.75, 3.05) is 30.3 Å². The molecule has 1 aliphatic heterocycles. The van der Waals surface area contributed by atoms with Crippen LogP contribution in [0.2, 0.25) is 0 Å². The second-order valence-electron chi connectivity index (χ2n) is 7.57. The number of nitrogens with one attached hydrogen (secondary N) is 2. The highest BCUT2D eigenvalue weighted by Gasteiger charge is 2.21. The summed E-state index contributed by atoms with van der Waals surface area (Å²) in [4.78, 5) is 27.7. The quantitative estimate of drug-likeness (QED) is 0.341. The molecule has 4 heterocycles. The standard InChI is InChI=1S/C22H25N7OS/c1-2-31-22-26-19(28-10-5-6-11-28)17-14-25-29(20(17)27-22)12-9-23-21(30)16-13-24-18-8-4-3-7-15(16)18/h3-4,7-8,13-14,24H,2,5-6,9-12H2,1H3,(H,23,30). The lowest BCUT2D eigenvalue weighted by Gasteiger charge is -2.17. The summed E-state index contributed by atoms with van der Waals surface area (Å²) in [5.74, 6) is 1.80.